The second-order valence-electron chi connectivity index (χ2n) is 3.67. The first kappa shape index (κ1) is 12.7. The Morgan fingerprint density at radius 1 is 1.22 bits per heavy atom. The summed E-state index contributed by atoms with van der Waals surface area (Å²) in [7, 11) is 0. The number of halogens is 2. The molecule has 5 heteroatoms. The molecule has 0 radical (unpaired) electrons. The maximum Gasteiger partial charge on any atom is 0.100 e. The van der Waals surface area contributed by atoms with Crippen molar-refractivity contribution >= 4 is 44.6 Å². The Morgan fingerprint density at radius 3 is 2.67 bits per heavy atom. The highest BCUT2D eigenvalue weighted by molar-refractivity contribution is 9.10. The van der Waals surface area contributed by atoms with Crippen molar-refractivity contribution in [3.8, 4) is 6.07 Å². The van der Waals surface area contributed by atoms with Crippen LogP contribution >= 0.6 is 27.5 Å². The predicted octanol–water partition coefficient (Wildman–Crippen LogP) is 4.30. The number of hydrogen-bond acceptors (Lipinski definition) is 3. The van der Waals surface area contributed by atoms with Crippen LogP contribution in [0.25, 0.3) is 0 Å². The molecular weight excluding hydrogens is 314 g/mol. The highest BCUT2D eigenvalue weighted by Gasteiger charge is 2.04. The van der Waals surface area contributed by atoms with Crippen LogP contribution in [0.15, 0.2) is 40.9 Å². The smallest absolute Gasteiger partial charge is 0.100 e. The molecule has 0 atom stereocenters. The van der Waals surface area contributed by atoms with Crippen molar-refractivity contribution in [2.24, 2.45) is 0 Å². The summed E-state index contributed by atoms with van der Waals surface area (Å²) in [6, 6.07) is 12.7. The Balaban J connectivity index is 2.32. The molecule has 0 heterocycles. The Morgan fingerprint density at radius 2 is 2.00 bits per heavy atom. The third kappa shape index (κ3) is 2.76. The summed E-state index contributed by atoms with van der Waals surface area (Å²) in [4.78, 5) is 0. The molecule has 0 fully saturated rings. The summed E-state index contributed by atoms with van der Waals surface area (Å²) in [6.07, 6.45) is 0. The predicted molar refractivity (Wildman–Crippen MR) is 78.0 cm³/mol. The van der Waals surface area contributed by atoms with Crippen LogP contribution < -0.4 is 11.1 Å². The number of anilines is 3. The molecule has 2 rings (SSSR count). The summed E-state index contributed by atoms with van der Waals surface area (Å²) >= 11 is 9.40. The third-order valence-corrected chi connectivity index (χ3v) is 3.34. The van der Waals surface area contributed by atoms with E-state index in [1.807, 2.05) is 12.1 Å². The van der Waals surface area contributed by atoms with Gasteiger partial charge in [-0.1, -0.05) is 11.6 Å². The van der Waals surface area contributed by atoms with Gasteiger partial charge in [0.2, 0.25) is 0 Å². The molecule has 3 N–H and O–H groups in total. The number of hydrogen-bond donors (Lipinski definition) is 2. The maximum atomic E-state index is 8.84. The molecule has 0 unspecified atom stereocenters. The minimum atomic E-state index is 0.583. The van der Waals surface area contributed by atoms with Crippen LogP contribution in [0, 0.1) is 11.3 Å². The quantitative estimate of drug-likeness (QED) is 0.810. The van der Waals surface area contributed by atoms with Gasteiger partial charge in [0.1, 0.15) is 6.07 Å². The van der Waals surface area contributed by atoms with Gasteiger partial charge in [0.15, 0.2) is 0 Å². The molecule has 0 aliphatic heterocycles. The SMILES string of the molecule is N#Cc1ccc(Nc2cc(N)ccc2Cl)cc1Br. The number of nitrogens with one attached hydrogen (secondary N) is 1. The van der Waals surface area contributed by atoms with Crippen LogP contribution in [0.2, 0.25) is 5.02 Å². The number of rotatable bonds is 2. The Labute approximate surface area is 118 Å². The van der Waals surface area contributed by atoms with Crippen LogP contribution in [-0.4, -0.2) is 0 Å². The van der Waals surface area contributed by atoms with E-state index in [0.29, 0.717) is 16.3 Å². The van der Waals surface area contributed by atoms with E-state index in [2.05, 4.69) is 27.3 Å². The summed E-state index contributed by atoms with van der Waals surface area (Å²) in [6.45, 7) is 0. The number of nitriles is 1. The fraction of sp³-hybridized carbons (Fsp3) is 0. The van der Waals surface area contributed by atoms with Crippen molar-refractivity contribution in [3.05, 3.63) is 51.5 Å². The molecular formula is C13H9BrClN3. The van der Waals surface area contributed by atoms with Gasteiger partial charge < -0.3 is 11.1 Å². The molecule has 0 aromatic heterocycles. The molecule has 90 valence electrons. The van der Waals surface area contributed by atoms with Gasteiger partial charge in [-0.3, -0.25) is 0 Å². The van der Waals surface area contributed by atoms with E-state index in [1.165, 1.54) is 0 Å². The summed E-state index contributed by atoms with van der Waals surface area (Å²) in [5.74, 6) is 0. The second kappa shape index (κ2) is 5.30. The minimum absolute atomic E-state index is 0.583. The first-order valence-corrected chi connectivity index (χ1v) is 6.29. The average molecular weight is 323 g/mol. The molecule has 0 aliphatic rings. The Kier molecular flexibility index (Phi) is 3.75. The van der Waals surface area contributed by atoms with Gasteiger partial charge >= 0.3 is 0 Å². The van der Waals surface area contributed by atoms with Gasteiger partial charge in [-0.05, 0) is 52.3 Å². The molecule has 0 saturated carbocycles. The molecule has 0 amide bonds. The van der Waals surface area contributed by atoms with Crippen molar-refractivity contribution < 1.29 is 0 Å². The molecule has 2 aromatic carbocycles. The lowest BCUT2D eigenvalue weighted by molar-refractivity contribution is 1.45. The van der Waals surface area contributed by atoms with Crippen LogP contribution in [0.4, 0.5) is 17.1 Å². The van der Waals surface area contributed by atoms with Gasteiger partial charge in [-0.15, -0.1) is 0 Å². The van der Waals surface area contributed by atoms with Gasteiger partial charge in [0.25, 0.3) is 0 Å². The van der Waals surface area contributed by atoms with Crippen LogP contribution in [-0.2, 0) is 0 Å². The molecule has 2 aromatic rings. The van der Waals surface area contributed by atoms with E-state index in [-0.39, 0.29) is 0 Å². The average Bonchev–Trinajstić information content (AvgIpc) is 2.34. The molecule has 0 aliphatic carbocycles. The number of benzene rings is 2. The van der Waals surface area contributed by atoms with Crippen molar-refractivity contribution in [3.63, 3.8) is 0 Å². The standard InChI is InChI=1S/C13H9BrClN3/c14-11-6-10(3-1-8(11)7-16)18-13-5-9(17)2-4-12(13)15/h1-6,18H,17H2. The van der Waals surface area contributed by atoms with Gasteiger partial charge in [0.05, 0.1) is 16.3 Å². The third-order valence-electron chi connectivity index (χ3n) is 2.36. The lowest BCUT2D eigenvalue weighted by Gasteiger charge is -2.10. The fourth-order valence-electron chi connectivity index (χ4n) is 1.48. The van der Waals surface area contributed by atoms with E-state index in [9.17, 15) is 0 Å². The summed E-state index contributed by atoms with van der Waals surface area (Å²) < 4.78 is 0.732. The van der Waals surface area contributed by atoms with E-state index >= 15 is 0 Å². The lowest BCUT2D eigenvalue weighted by atomic mass is 10.2. The number of nitrogens with two attached hydrogens (primary N) is 1. The van der Waals surface area contributed by atoms with Crippen LogP contribution in [0.3, 0.4) is 0 Å². The Hall–Kier alpha value is -1.70. The monoisotopic (exact) mass is 321 g/mol. The highest BCUT2D eigenvalue weighted by atomic mass is 79.9. The van der Waals surface area contributed by atoms with Crippen LogP contribution in [0.5, 0.6) is 0 Å². The fourth-order valence-corrected chi connectivity index (χ4v) is 2.11. The summed E-state index contributed by atoms with van der Waals surface area (Å²) in [5, 5.41) is 12.6. The molecule has 0 saturated heterocycles. The summed E-state index contributed by atoms with van der Waals surface area (Å²) in [5.41, 5.74) is 8.48. The van der Waals surface area contributed by atoms with Gasteiger partial charge in [0, 0.05) is 15.8 Å². The minimum Gasteiger partial charge on any atom is -0.399 e. The maximum absolute atomic E-state index is 8.84. The Bertz CT molecular complexity index is 635. The normalized spacial score (nSPS) is 9.83. The largest absolute Gasteiger partial charge is 0.399 e. The molecule has 3 nitrogen and oxygen atoms in total. The van der Waals surface area contributed by atoms with E-state index in [0.717, 1.165) is 15.8 Å². The van der Waals surface area contributed by atoms with Crippen LogP contribution in [0.1, 0.15) is 5.56 Å². The van der Waals surface area contributed by atoms with E-state index < -0.39 is 0 Å². The topological polar surface area (TPSA) is 61.8 Å². The van der Waals surface area contributed by atoms with Crippen molar-refractivity contribution in [1.82, 2.24) is 0 Å². The van der Waals surface area contributed by atoms with Crippen molar-refractivity contribution in [2.75, 3.05) is 11.1 Å². The zero-order chi connectivity index (χ0) is 13.1. The van der Waals surface area contributed by atoms with E-state index in [4.69, 9.17) is 22.6 Å². The van der Waals surface area contributed by atoms with Gasteiger partial charge in [-0.25, -0.2) is 0 Å². The second-order valence-corrected chi connectivity index (χ2v) is 4.93. The number of nitrogen functional groups attached to an aromatic ring is 1. The highest BCUT2D eigenvalue weighted by Crippen LogP contribution is 2.29. The lowest BCUT2D eigenvalue weighted by Crippen LogP contribution is -1.94. The zero-order valence-electron chi connectivity index (χ0n) is 9.24. The van der Waals surface area contributed by atoms with E-state index in [1.54, 1.807) is 24.3 Å². The number of nitrogens with zero attached hydrogens (tertiary/aromatic N) is 1. The molecule has 18 heavy (non-hydrogen) atoms. The first-order chi connectivity index (χ1) is 8.60. The first-order valence-electron chi connectivity index (χ1n) is 5.12. The van der Waals surface area contributed by atoms with Crippen molar-refractivity contribution in [2.45, 2.75) is 0 Å². The molecule has 0 spiro atoms. The van der Waals surface area contributed by atoms with Crippen molar-refractivity contribution in [1.29, 1.82) is 5.26 Å². The van der Waals surface area contributed by atoms with Gasteiger partial charge in [-0.2, -0.15) is 5.26 Å². The molecule has 0 bridgehead atoms. The zero-order valence-corrected chi connectivity index (χ0v) is 11.6.